The summed E-state index contributed by atoms with van der Waals surface area (Å²) in [6, 6.07) is 9.40. The van der Waals surface area contributed by atoms with E-state index < -0.39 is 10.0 Å². The van der Waals surface area contributed by atoms with Gasteiger partial charge in [0.25, 0.3) is 5.91 Å². The molecule has 1 aromatic heterocycles. The van der Waals surface area contributed by atoms with Gasteiger partial charge >= 0.3 is 0 Å². The number of furan rings is 1. The molecule has 2 heterocycles. The summed E-state index contributed by atoms with van der Waals surface area (Å²) in [7, 11) is -3.54. The van der Waals surface area contributed by atoms with Gasteiger partial charge < -0.3 is 9.73 Å². The van der Waals surface area contributed by atoms with Gasteiger partial charge in [-0.05, 0) is 61.6 Å². The minimum atomic E-state index is -3.54. The quantitative estimate of drug-likeness (QED) is 0.848. The number of benzene rings is 1. The van der Waals surface area contributed by atoms with Crippen molar-refractivity contribution in [2.24, 2.45) is 11.8 Å². The molecule has 146 valence electrons. The number of carbonyl (C=O) groups excluding carboxylic acids is 1. The first-order valence-electron chi connectivity index (χ1n) is 9.22. The summed E-state index contributed by atoms with van der Waals surface area (Å²) in [5.41, 5.74) is 0.410. The van der Waals surface area contributed by atoms with Crippen molar-refractivity contribution in [3.63, 3.8) is 0 Å². The molecular weight excluding hydrogens is 364 g/mol. The average molecular weight is 391 g/mol. The zero-order chi connectivity index (χ0) is 19.6. The van der Waals surface area contributed by atoms with Crippen LogP contribution in [-0.4, -0.2) is 31.7 Å². The van der Waals surface area contributed by atoms with E-state index in [1.54, 1.807) is 34.8 Å². The largest absolute Gasteiger partial charge is 0.467 e. The number of nitrogens with one attached hydrogen (secondary N) is 1. The van der Waals surface area contributed by atoms with Gasteiger partial charge in [0.2, 0.25) is 10.0 Å². The molecule has 3 rings (SSSR count). The second kappa shape index (κ2) is 7.86. The van der Waals surface area contributed by atoms with Gasteiger partial charge in [-0.25, -0.2) is 8.42 Å². The van der Waals surface area contributed by atoms with E-state index in [0.29, 0.717) is 36.2 Å². The molecule has 1 fully saturated rings. The minimum Gasteiger partial charge on any atom is -0.467 e. The maximum Gasteiger partial charge on any atom is 0.251 e. The summed E-state index contributed by atoms with van der Waals surface area (Å²) >= 11 is 0. The smallest absolute Gasteiger partial charge is 0.251 e. The normalized spacial score (nSPS) is 22.3. The Balaban J connectivity index is 1.71. The first-order valence-corrected chi connectivity index (χ1v) is 10.7. The molecule has 1 amide bonds. The molecule has 1 aliphatic rings. The highest BCUT2D eigenvalue weighted by Crippen LogP contribution is 2.26. The predicted molar refractivity (Wildman–Crippen MR) is 103 cm³/mol. The molecule has 1 N–H and O–H groups in total. The minimum absolute atomic E-state index is 0.222. The second-order valence-electron chi connectivity index (χ2n) is 7.50. The summed E-state index contributed by atoms with van der Waals surface area (Å²) in [6.07, 6.45) is 2.60. The molecule has 6 nitrogen and oxygen atoms in total. The third kappa shape index (κ3) is 4.42. The number of hydrogen-bond donors (Lipinski definition) is 1. The molecule has 0 radical (unpaired) electrons. The first-order chi connectivity index (χ1) is 12.8. The summed E-state index contributed by atoms with van der Waals surface area (Å²) < 4.78 is 32.6. The molecular formula is C20H26N2O4S. The van der Waals surface area contributed by atoms with Crippen molar-refractivity contribution in [3.05, 3.63) is 54.0 Å². The van der Waals surface area contributed by atoms with Gasteiger partial charge in [0, 0.05) is 18.7 Å². The number of piperidine rings is 1. The third-order valence-corrected chi connectivity index (χ3v) is 6.75. The van der Waals surface area contributed by atoms with E-state index in [-0.39, 0.29) is 16.8 Å². The van der Waals surface area contributed by atoms with Crippen LogP contribution in [0.3, 0.4) is 0 Å². The Morgan fingerprint density at radius 1 is 1.15 bits per heavy atom. The van der Waals surface area contributed by atoms with Gasteiger partial charge in [0.1, 0.15) is 5.76 Å². The summed E-state index contributed by atoms with van der Waals surface area (Å²) in [5, 5.41) is 2.84. The maximum absolute atomic E-state index is 12.9. The highest BCUT2D eigenvalue weighted by atomic mass is 32.2. The lowest BCUT2D eigenvalue weighted by molar-refractivity contribution is 0.0935. The fraction of sp³-hybridized carbons (Fsp3) is 0.450. The SMILES string of the molecule is C[C@H]1C[C@H](C)CN(S(=O)(=O)c2ccc(C(=O)N[C@@H](C)c3ccco3)cc2)C1. The Morgan fingerprint density at radius 2 is 1.78 bits per heavy atom. The fourth-order valence-corrected chi connectivity index (χ4v) is 5.30. The molecule has 27 heavy (non-hydrogen) atoms. The Morgan fingerprint density at radius 3 is 2.33 bits per heavy atom. The van der Waals surface area contributed by atoms with Crippen LogP contribution < -0.4 is 5.32 Å². The zero-order valence-corrected chi connectivity index (χ0v) is 16.7. The lowest BCUT2D eigenvalue weighted by Crippen LogP contribution is -2.42. The van der Waals surface area contributed by atoms with Gasteiger partial charge in [-0.2, -0.15) is 4.31 Å². The van der Waals surface area contributed by atoms with Crippen molar-refractivity contribution < 1.29 is 17.6 Å². The Bertz CT molecular complexity index is 865. The highest BCUT2D eigenvalue weighted by Gasteiger charge is 2.31. The van der Waals surface area contributed by atoms with E-state index in [9.17, 15) is 13.2 Å². The van der Waals surface area contributed by atoms with Gasteiger partial charge in [-0.3, -0.25) is 4.79 Å². The molecule has 1 aromatic carbocycles. The van der Waals surface area contributed by atoms with Crippen molar-refractivity contribution in [2.45, 2.75) is 38.1 Å². The first kappa shape index (κ1) is 19.6. The van der Waals surface area contributed by atoms with Crippen LogP contribution in [0.1, 0.15) is 49.4 Å². The van der Waals surface area contributed by atoms with E-state index in [4.69, 9.17) is 4.42 Å². The highest BCUT2D eigenvalue weighted by molar-refractivity contribution is 7.89. The molecule has 0 spiro atoms. The zero-order valence-electron chi connectivity index (χ0n) is 15.9. The molecule has 0 unspecified atom stereocenters. The van der Waals surface area contributed by atoms with Crippen molar-refractivity contribution in [2.75, 3.05) is 13.1 Å². The van der Waals surface area contributed by atoms with E-state index in [0.717, 1.165) is 6.42 Å². The predicted octanol–water partition coefficient (Wildman–Crippen LogP) is 3.44. The van der Waals surface area contributed by atoms with Crippen molar-refractivity contribution in [1.82, 2.24) is 9.62 Å². The van der Waals surface area contributed by atoms with Crippen LogP contribution in [0, 0.1) is 11.8 Å². The van der Waals surface area contributed by atoms with Crippen molar-refractivity contribution in [1.29, 1.82) is 0 Å². The molecule has 1 aliphatic heterocycles. The second-order valence-corrected chi connectivity index (χ2v) is 9.44. The molecule has 0 aliphatic carbocycles. The molecule has 3 atom stereocenters. The average Bonchev–Trinajstić information content (AvgIpc) is 3.16. The van der Waals surface area contributed by atoms with Crippen LogP contribution in [0.25, 0.3) is 0 Å². The van der Waals surface area contributed by atoms with Gasteiger partial charge in [-0.1, -0.05) is 13.8 Å². The van der Waals surface area contributed by atoms with Crippen LogP contribution in [0.2, 0.25) is 0 Å². The van der Waals surface area contributed by atoms with Crippen LogP contribution in [-0.2, 0) is 10.0 Å². The maximum atomic E-state index is 12.9. The number of carbonyl (C=O) groups is 1. The standard InChI is InChI=1S/C20H26N2O4S/c1-14-11-15(2)13-22(12-14)27(24,25)18-8-6-17(7-9-18)20(23)21-16(3)19-5-4-10-26-19/h4-10,14-16H,11-13H2,1-3H3,(H,21,23)/t14-,15-,16-/m0/s1. The summed E-state index contributed by atoms with van der Waals surface area (Å²) in [4.78, 5) is 12.6. The molecule has 7 heteroatoms. The Hall–Kier alpha value is -2.12. The third-order valence-electron chi connectivity index (χ3n) is 4.91. The number of amides is 1. The number of rotatable bonds is 5. The van der Waals surface area contributed by atoms with Crippen LogP contribution in [0.5, 0.6) is 0 Å². The van der Waals surface area contributed by atoms with Gasteiger partial charge in [0.15, 0.2) is 0 Å². The molecule has 2 aromatic rings. The van der Waals surface area contributed by atoms with E-state index in [1.807, 2.05) is 6.92 Å². The van der Waals surface area contributed by atoms with Crippen molar-refractivity contribution >= 4 is 15.9 Å². The van der Waals surface area contributed by atoms with Crippen LogP contribution in [0.15, 0.2) is 52.0 Å². The lowest BCUT2D eigenvalue weighted by Gasteiger charge is -2.34. The summed E-state index contributed by atoms with van der Waals surface area (Å²) in [6.45, 7) is 7.05. The fourth-order valence-electron chi connectivity index (χ4n) is 3.62. The van der Waals surface area contributed by atoms with Crippen molar-refractivity contribution in [3.8, 4) is 0 Å². The van der Waals surface area contributed by atoms with Crippen LogP contribution in [0.4, 0.5) is 0 Å². The topological polar surface area (TPSA) is 79.6 Å². The Kier molecular flexibility index (Phi) is 5.72. The number of nitrogens with zero attached hydrogens (tertiary/aromatic N) is 1. The van der Waals surface area contributed by atoms with Crippen LogP contribution >= 0.6 is 0 Å². The number of hydrogen-bond acceptors (Lipinski definition) is 4. The van der Waals surface area contributed by atoms with E-state index in [1.165, 1.54) is 12.1 Å². The molecule has 0 saturated carbocycles. The summed E-state index contributed by atoms with van der Waals surface area (Å²) in [5.74, 6) is 1.08. The van der Waals surface area contributed by atoms with Gasteiger partial charge in [0.05, 0.1) is 17.2 Å². The molecule has 0 bridgehead atoms. The lowest BCUT2D eigenvalue weighted by atomic mass is 9.94. The van der Waals surface area contributed by atoms with E-state index in [2.05, 4.69) is 19.2 Å². The van der Waals surface area contributed by atoms with Gasteiger partial charge in [-0.15, -0.1) is 0 Å². The Labute approximate surface area is 160 Å². The van der Waals surface area contributed by atoms with E-state index >= 15 is 0 Å². The number of sulfonamides is 1. The monoisotopic (exact) mass is 390 g/mol. The molecule has 1 saturated heterocycles.